The summed E-state index contributed by atoms with van der Waals surface area (Å²) in [4.78, 5) is 0. The minimum atomic E-state index is -0.243. The fraction of sp³-hybridized carbons (Fsp3) is 0.600. The second-order valence-corrected chi connectivity index (χ2v) is 6.69. The molecule has 1 aromatic rings. The number of fused-ring (bicyclic) bond motifs is 5. The number of nitrogens with two attached hydrogens (primary N) is 1. The Kier molecular flexibility index (Phi) is 2.31. The summed E-state index contributed by atoms with van der Waals surface area (Å²) in [6.45, 7) is 0. The second kappa shape index (κ2) is 3.71. The summed E-state index contributed by atoms with van der Waals surface area (Å²) in [5, 5.41) is 0.444. The summed E-state index contributed by atoms with van der Waals surface area (Å²) < 4.78 is 13.9. The molecule has 3 heteroatoms. The molecule has 18 heavy (non-hydrogen) atoms. The van der Waals surface area contributed by atoms with E-state index in [1.807, 2.05) is 0 Å². The third-order valence-electron chi connectivity index (χ3n) is 5.53. The van der Waals surface area contributed by atoms with Gasteiger partial charge in [0.1, 0.15) is 5.82 Å². The minimum Gasteiger partial charge on any atom is -0.324 e. The van der Waals surface area contributed by atoms with E-state index >= 15 is 0 Å². The van der Waals surface area contributed by atoms with Crippen molar-refractivity contribution in [3.05, 3.63) is 34.6 Å². The molecule has 0 aromatic heterocycles. The average molecular weight is 266 g/mol. The zero-order valence-corrected chi connectivity index (χ0v) is 10.9. The smallest absolute Gasteiger partial charge is 0.129 e. The molecule has 0 heterocycles. The highest BCUT2D eigenvalue weighted by molar-refractivity contribution is 6.30. The van der Waals surface area contributed by atoms with Crippen molar-refractivity contribution in [2.45, 2.75) is 25.3 Å². The van der Waals surface area contributed by atoms with Gasteiger partial charge in [-0.15, -0.1) is 0 Å². The van der Waals surface area contributed by atoms with Gasteiger partial charge in [0, 0.05) is 16.6 Å². The Labute approximate surface area is 112 Å². The SMILES string of the molecule is NC(c1ccc(Cl)cc1F)C1C2C3CCC(C3)C21. The third kappa shape index (κ3) is 1.42. The molecule has 3 fully saturated rings. The van der Waals surface area contributed by atoms with E-state index in [2.05, 4.69) is 0 Å². The normalized spacial score (nSPS) is 41.8. The number of hydrogen-bond donors (Lipinski definition) is 1. The molecule has 0 spiro atoms. The van der Waals surface area contributed by atoms with Gasteiger partial charge in [0.05, 0.1) is 0 Å². The lowest BCUT2D eigenvalue weighted by molar-refractivity contribution is 0.410. The molecule has 96 valence electrons. The van der Waals surface area contributed by atoms with Crippen LogP contribution >= 0.6 is 11.6 Å². The van der Waals surface area contributed by atoms with Crippen LogP contribution < -0.4 is 5.73 Å². The Morgan fingerprint density at radius 2 is 1.89 bits per heavy atom. The lowest BCUT2D eigenvalue weighted by Gasteiger charge is -2.17. The minimum absolute atomic E-state index is 0.138. The van der Waals surface area contributed by atoms with E-state index in [-0.39, 0.29) is 11.9 Å². The van der Waals surface area contributed by atoms with Crippen LogP contribution in [0.25, 0.3) is 0 Å². The molecule has 1 aromatic carbocycles. The van der Waals surface area contributed by atoms with Crippen LogP contribution in [0.15, 0.2) is 18.2 Å². The van der Waals surface area contributed by atoms with Gasteiger partial charge in [-0.05, 0) is 61.0 Å². The first kappa shape index (κ1) is 11.2. The molecule has 3 saturated carbocycles. The zero-order valence-electron chi connectivity index (χ0n) is 10.2. The van der Waals surface area contributed by atoms with Crippen molar-refractivity contribution in [1.29, 1.82) is 0 Å². The van der Waals surface area contributed by atoms with Gasteiger partial charge in [-0.25, -0.2) is 4.39 Å². The van der Waals surface area contributed by atoms with Crippen LogP contribution in [0.2, 0.25) is 5.02 Å². The van der Waals surface area contributed by atoms with Gasteiger partial charge in [0.25, 0.3) is 0 Å². The van der Waals surface area contributed by atoms with Crippen LogP contribution in [-0.4, -0.2) is 0 Å². The molecular formula is C15H17ClFN. The Morgan fingerprint density at radius 3 is 2.50 bits per heavy atom. The van der Waals surface area contributed by atoms with E-state index in [9.17, 15) is 4.39 Å². The summed E-state index contributed by atoms with van der Waals surface area (Å²) in [7, 11) is 0. The van der Waals surface area contributed by atoms with Crippen LogP contribution in [0.5, 0.6) is 0 Å². The van der Waals surface area contributed by atoms with Crippen LogP contribution in [0.4, 0.5) is 4.39 Å². The highest BCUT2D eigenvalue weighted by Crippen LogP contribution is 2.71. The monoisotopic (exact) mass is 265 g/mol. The van der Waals surface area contributed by atoms with Crippen LogP contribution in [0, 0.1) is 35.4 Å². The Morgan fingerprint density at radius 1 is 1.22 bits per heavy atom. The van der Waals surface area contributed by atoms with E-state index in [1.54, 1.807) is 12.1 Å². The maximum atomic E-state index is 13.9. The molecule has 5 unspecified atom stereocenters. The number of hydrogen-bond acceptors (Lipinski definition) is 1. The van der Waals surface area contributed by atoms with Crippen molar-refractivity contribution >= 4 is 11.6 Å². The van der Waals surface area contributed by atoms with Crippen LogP contribution in [-0.2, 0) is 0 Å². The van der Waals surface area contributed by atoms with Crippen molar-refractivity contribution in [2.75, 3.05) is 0 Å². The molecule has 2 bridgehead atoms. The number of halogens is 2. The zero-order chi connectivity index (χ0) is 12.4. The van der Waals surface area contributed by atoms with Crippen molar-refractivity contribution in [3.63, 3.8) is 0 Å². The fourth-order valence-corrected chi connectivity index (χ4v) is 5.01. The molecule has 0 aliphatic heterocycles. The maximum Gasteiger partial charge on any atom is 0.129 e. The predicted molar refractivity (Wildman–Crippen MR) is 69.6 cm³/mol. The van der Waals surface area contributed by atoms with Gasteiger partial charge in [-0.2, -0.15) is 0 Å². The molecule has 2 N–H and O–H groups in total. The van der Waals surface area contributed by atoms with Crippen LogP contribution in [0.3, 0.4) is 0 Å². The van der Waals surface area contributed by atoms with E-state index in [0.29, 0.717) is 16.5 Å². The maximum absolute atomic E-state index is 13.9. The first-order chi connectivity index (χ1) is 8.66. The lowest BCUT2D eigenvalue weighted by atomic mass is 9.93. The summed E-state index contributed by atoms with van der Waals surface area (Å²) in [6.07, 6.45) is 4.15. The van der Waals surface area contributed by atoms with Gasteiger partial charge >= 0.3 is 0 Å². The molecule has 0 amide bonds. The molecule has 0 saturated heterocycles. The Balaban J connectivity index is 1.60. The van der Waals surface area contributed by atoms with Gasteiger partial charge < -0.3 is 5.73 Å². The molecule has 3 aliphatic carbocycles. The molecule has 3 aliphatic rings. The van der Waals surface area contributed by atoms with Gasteiger partial charge in [-0.3, -0.25) is 0 Å². The topological polar surface area (TPSA) is 26.0 Å². The summed E-state index contributed by atoms with van der Waals surface area (Å²) in [6, 6.07) is 4.75. The average Bonchev–Trinajstić information content (AvgIpc) is 2.77. The van der Waals surface area contributed by atoms with E-state index in [0.717, 1.165) is 23.7 Å². The lowest BCUT2D eigenvalue weighted by Crippen LogP contribution is -2.18. The van der Waals surface area contributed by atoms with E-state index in [4.69, 9.17) is 17.3 Å². The van der Waals surface area contributed by atoms with Crippen molar-refractivity contribution in [2.24, 2.45) is 35.3 Å². The van der Waals surface area contributed by atoms with E-state index < -0.39 is 0 Å². The van der Waals surface area contributed by atoms with Crippen molar-refractivity contribution in [3.8, 4) is 0 Å². The summed E-state index contributed by atoms with van der Waals surface area (Å²) >= 11 is 5.79. The standard InChI is InChI=1S/C15H17ClFN/c16-9-3-4-10(11(17)6-9)15(18)14-12-7-1-2-8(5-7)13(12)14/h3-4,6-8,12-15H,1-2,5,18H2. The van der Waals surface area contributed by atoms with Crippen molar-refractivity contribution < 1.29 is 4.39 Å². The Bertz CT molecular complexity index is 487. The highest BCUT2D eigenvalue weighted by Gasteiger charge is 2.66. The van der Waals surface area contributed by atoms with Gasteiger partial charge in [-0.1, -0.05) is 17.7 Å². The van der Waals surface area contributed by atoms with Crippen molar-refractivity contribution in [1.82, 2.24) is 0 Å². The first-order valence-corrected chi connectivity index (χ1v) is 7.25. The molecule has 1 nitrogen and oxygen atoms in total. The molecular weight excluding hydrogens is 249 g/mol. The van der Waals surface area contributed by atoms with Gasteiger partial charge in [0.2, 0.25) is 0 Å². The number of benzene rings is 1. The largest absolute Gasteiger partial charge is 0.324 e. The second-order valence-electron chi connectivity index (χ2n) is 6.26. The number of rotatable bonds is 2. The molecule has 4 rings (SSSR count). The fourth-order valence-electron chi connectivity index (χ4n) is 4.85. The summed E-state index contributed by atoms with van der Waals surface area (Å²) in [5.41, 5.74) is 6.96. The predicted octanol–water partition coefficient (Wildman–Crippen LogP) is 3.77. The molecule has 0 radical (unpaired) electrons. The summed E-state index contributed by atoms with van der Waals surface area (Å²) in [5.74, 6) is 3.61. The highest BCUT2D eigenvalue weighted by atomic mass is 35.5. The third-order valence-corrected chi connectivity index (χ3v) is 5.77. The quantitative estimate of drug-likeness (QED) is 0.865. The van der Waals surface area contributed by atoms with E-state index in [1.165, 1.54) is 25.3 Å². The van der Waals surface area contributed by atoms with Crippen LogP contribution in [0.1, 0.15) is 30.9 Å². The first-order valence-electron chi connectivity index (χ1n) is 6.87. The van der Waals surface area contributed by atoms with Gasteiger partial charge in [0.15, 0.2) is 0 Å². The Hall–Kier alpha value is -0.600. The molecule has 5 atom stereocenters.